The van der Waals surface area contributed by atoms with Crippen LogP contribution >= 0.6 is 0 Å². The van der Waals surface area contributed by atoms with Crippen LogP contribution in [0.3, 0.4) is 0 Å². The number of carbonyl (C=O) groups is 1. The number of piperazine rings is 1. The summed E-state index contributed by atoms with van der Waals surface area (Å²) in [6, 6.07) is 5.90. The largest absolute Gasteiger partial charge is 0.336 e. The maximum atomic E-state index is 12.5. The fraction of sp³-hybridized carbons (Fsp3) is 0.381. The molecule has 6 heteroatoms. The third-order valence-electron chi connectivity index (χ3n) is 4.27. The van der Waals surface area contributed by atoms with Gasteiger partial charge in [0.1, 0.15) is 0 Å². The molecule has 1 saturated heterocycles. The van der Waals surface area contributed by atoms with Gasteiger partial charge >= 0.3 is 0 Å². The Bertz CT molecular complexity index is 690. The number of carbonyl (C=O) groups excluding carboxylic acids is 1. The fourth-order valence-electron chi connectivity index (χ4n) is 2.80. The van der Waals surface area contributed by atoms with Crippen LogP contribution in [0, 0.1) is 10.1 Å². The minimum atomic E-state index is -0.483. The summed E-state index contributed by atoms with van der Waals surface area (Å²) in [7, 11) is 0. The molecule has 0 unspecified atom stereocenters. The number of benzene rings is 1. The first-order chi connectivity index (χ1) is 13.0. The second-order valence-corrected chi connectivity index (χ2v) is 5.87. The number of non-ortho nitro benzene ring substituents is 1. The molecule has 1 aromatic rings. The molecule has 0 N–H and O–H groups in total. The Morgan fingerprint density at radius 2 is 1.89 bits per heavy atom. The van der Waals surface area contributed by atoms with Crippen molar-refractivity contribution in [2.75, 3.05) is 32.7 Å². The Morgan fingerprint density at radius 1 is 1.22 bits per heavy atom. The van der Waals surface area contributed by atoms with Crippen molar-refractivity contribution in [2.24, 2.45) is 0 Å². The number of allylic oxidation sites excluding steroid dienone is 3. The van der Waals surface area contributed by atoms with Gasteiger partial charge < -0.3 is 4.90 Å². The number of nitro groups is 1. The van der Waals surface area contributed by atoms with E-state index in [4.69, 9.17) is 0 Å². The summed E-state index contributed by atoms with van der Waals surface area (Å²) in [4.78, 5) is 27.0. The van der Waals surface area contributed by atoms with Crippen molar-refractivity contribution in [1.29, 1.82) is 0 Å². The first-order valence-electron chi connectivity index (χ1n) is 9.25. The molecule has 1 aliphatic heterocycles. The lowest BCUT2D eigenvalue weighted by atomic mass is 10.1. The first-order valence-corrected chi connectivity index (χ1v) is 9.25. The molecule has 0 bridgehead atoms. The summed E-state index contributed by atoms with van der Waals surface area (Å²) >= 11 is 0. The topological polar surface area (TPSA) is 66.7 Å². The Balaban J connectivity index is 0.00000176. The van der Waals surface area contributed by atoms with Gasteiger partial charge in [-0.1, -0.05) is 51.3 Å². The molecule has 1 heterocycles. The number of nitro benzene ring substituents is 1. The molecule has 0 aliphatic carbocycles. The van der Waals surface area contributed by atoms with Crippen LogP contribution in [0.25, 0.3) is 0 Å². The van der Waals surface area contributed by atoms with E-state index in [9.17, 15) is 14.9 Å². The maximum absolute atomic E-state index is 12.5. The van der Waals surface area contributed by atoms with Crippen LogP contribution < -0.4 is 0 Å². The molecule has 0 saturated carbocycles. The summed E-state index contributed by atoms with van der Waals surface area (Å²) in [5.41, 5.74) is 1.45. The van der Waals surface area contributed by atoms with Gasteiger partial charge in [-0.05, 0) is 18.1 Å². The van der Waals surface area contributed by atoms with Gasteiger partial charge in [-0.3, -0.25) is 19.8 Å². The molecule has 0 atom stereocenters. The highest BCUT2D eigenvalue weighted by atomic mass is 16.6. The van der Waals surface area contributed by atoms with Gasteiger partial charge in [0.2, 0.25) is 0 Å². The van der Waals surface area contributed by atoms with E-state index < -0.39 is 4.92 Å². The molecule has 1 aliphatic rings. The summed E-state index contributed by atoms with van der Waals surface area (Å²) < 4.78 is 0. The van der Waals surface area contributed by atoms with E-state index in [2.05, 4.69) is 18.1 Å². The maximum Gasteiger partial charge on any atom is 0.270 e. The van der Waals surface area contributed by atoms with E-state index in [0.717, 1.165) is 31.6 Å². The van der Waals surface area contributed by atoms with Gasteiger partial charge in [-0.25, -0.2) is 0 Å². The lowest BCUT2D eigenvalue weighted by Gasteiger charge is -2.34. The van der Waals surface area contributed by atoms with Crippen LogP contribution in [0.2, 0.25) is 0 Å². The quantitative estimate of drug-likeness (QED) is 0.412. The van der Waals surface area contributed by atoms with E-state index in [0.29, 0.717) is 18.7 Å². The Morgan fingerprint density at radius 3 is 2.44 bits per heavy atom. The zero-order valence-corrected chi connectivity index (χ0v) is 16.3. The lowest BCUT2D eigenvalue weighted by molar-refractivity contribution is -0.384. The highest BCUT2D eigenvalue weighted by molar-refractivity contribution is 5.94. The molecule has 146 valence electrons. The molecule has 0 spiro atoms. The monoisotopic (exact) mass is 371 g/mol. The van der Waals surface area contributed by atoms with E-state index >= 15 is 0 Å². The molecule has 1 aromatic carbocycles. The van der Waals surface area contributed by atoms with Gasteiger partial charge in [0, 0.05) is 50.4 Å². The average molecular weight is 371 g/mol. The third kappa shape index (κ3) is 6.83. The van der Waals surface area contributed by atoms with Gasteiger partial charge in [0.25, 0.3) is 11.6 Å². The van der Waals surface area contributed by atoms with Crippen LogP contribution in [0.5, 0.6) is 0 Å². The van der Waals surface area contributed by atoms with Crippen LogP contribution in [0.1, 0.15) is 30.6 Å². The molecule has 6 nitrogen and oxygen atoms in total. The Kier molecular flexibility index (Phi) is 9.75. The van der Waals surface area contributed by atoms with Crippen molar-refractivity contribution >= 4 is 11.6 Å². The summed E-state index contributed by atoms with van der Waals surface area (Å²) in [5.74, 6) is -0.151. The summed E-state index contributed by atoms with van der Waals surface area (Å²) in [6.45, 7) is 15.2. The van der Waals surface area contributed by atoms with E-state index in [-0.39, 0.29) is 11.6 Å². The van der Waals surface area contributed by atoms with E-state index in [1.165, 1.54) is 12.1 Å². The minimum Gasteiger partial charge on any atom is -0.336 e. The van der Waals surface area contributed by atoms with Gasteiger partial charge in [0.05, 0.1) is 4.92 Å². The van der Waals surface area contributed by atoms with Crippen LogP contribution in [-0.4, -0.2) is 53.4 Å². The second kappa shape index (κ2) is 11.8. The van der Waals surface area contributed by atoms with Crippen LogP contribution in [0.15, 0.2) is 61.2 Å². The third-order valence-corrected chi connectivity index (χ3v) is 4.27. The number of rotatable bonds is 7. The normalized spacial score (nSPS) is 14.7. The molecule has 0 aromatic heterocycles. The first kappa shape index (κ1) is 22.3. The lowest BCUT2D eigenvalue weighted by Crippen LogP contribution is -2.48. The molecule has 2 rings (SSSR count). The van der Waals surface area contributed by atoms with Gasteiger partial charge in [-0.2, -0.15) is 0 Å². The van der Waals surface area contributed by atoms with Crippen molar-refractivity contribution in [3.63, 3.8) is 0 Å². The highest BCUT2D eigenvalue weighted by Gasteiger charge is 2.23. The van der Waals surface area contributed by atoms with E-state index in [1.54, 1.807) is 23.1 Å². The predicted octanol–water partition coefficient (Wildman–Crippen LogP) is 4.07. The van der Waals surface area contributed by atoms with Gasteiger partial charge in [-0.15, -0.1) is 0 Å². The summed E-state index contributed by atoms with van der Waals surface area (Å²) in [5, 5.41) is 10.8. The molecular weight excluding hydrogens is 342 g/mol. The smallest absolute Gasteiger partial charge is 0.270 e. The zero-order valence-electron chi connectivity index (χ0n) is 16.3. The van der Waals surface area contributed by atoms with E-state index in [1.807, 2.05) is 26.0 Å². The number of amides is 1. The van der Waals surface area contributed by atoms with Crippen molar-refractivity contribution in [3.8, 4) is 0 Å². The fourth-order valence-corrected chi connectivity index (χ4v) is 2.80. The highest BCUT2D eigenvalue weighted by Crippen LogP contribution is 2.16. The van der Waals surface area contributed by atoms with Crippen LogP contribution in [0.4, 0.5) is 5.69 Å². The SMILES string of the molecule is C=C/C=C(\C=C)CCN1CCN(C(=O)c2cccc([N+](=O)[O-])c2)CC1.CC. The minimum absolute atomic E-state index is 0.0598. The molecular formula is C21H29N3O3. The van der Waals surface area contributed by atoms with Crippen molar-refractivity contribution < 1.29 is 9.72 Å². The Hall–Kier alpha value is -2.73. The predicted molar refractivity (Wildman–Crippen MR) is 110 cm³/mol. The van der Waals surface area contributed by atoms with Crippen molar-refractivity contribution in [2.45, 2.75) is 20.3 Å². The Labute approximate surface area is 161 Å². The average Bonchev–Trinajstić information content (AvgIpc) is 2.72. The number of hydrogen-bond acceptors (Lipinski definition) is 4. The van der Waals surface area contributed by atoms with Gasteiger partial charge in [0.15, 0.2) is 0 Å². The molecule has 1 fully saturated rings. The number of nitrogens with zero attached hydrogens (tertiary/aromatic N) is 3. The van der Waals surface area contributed by atoms with Crippen molar-refractivity contribution in [3.05, 3.63) is 76.9 Å². The standard InChI is InChI=1S/C19H23N3O3.C2H6/c1-3-6-16(4-2)9-10-20-11-13-21(14-12-20)19(23)17-7-5-8-18(15-17)22(24)25;1-2/h3-8,15H,1-2,9-14H2;1-2H3/b16-6+;. The second-order valence-electron chi connectivity index (χ2n) is 5.87. The molecule has 27 heavy (non-hydrogen) atoms. The number of hydrogen-bond donors (Lipinski definition) is 0. The molecule has 0 radical (unpaired) electrons. The summed E-state index contributed by atoms with van der Waals surface area (Å²) in [6.07, 6.45) is 6.44. The van der Waals surface area contributed by atoms with Crippen molar-refractivity contribution in [1.82, 2.24) is 9.80 Å². The zero-order chi connectivity index (χ0) is 20.2. The van der Waals surface area contributed by atoms with Crippen LogP contribution in [-0.2, 0) is 0 Å². The molecule has 1 amide bonds.